The largest absolute Gasteiger partial charge is 0.481 e. The number of aliphatic hydroxyl groups is 3. The third-order valence-corrected chi connectivity index (χ3v) is 13.2. The fourth-order valence-corrected chi connectivity index (χ4v) is 10.8. The van der Waals surface area contributed by atoms with Crippen molar-refractivity contribution in [2.45, 2.75) is 112 Å². The number of allylic oxidation sites excluding steroid dienone is 2. The van der Waals surface area contributed by atoms with Gasteiger partial charge >= 0.3 is 5.97 Å². The van der Waals surface area contributed by atoms with Gasteiger partial charge in [-0.1, -0.05) is 53.2 Å². The van der Waals surface area contributed by atoms with E-state index in [1.807, 2.05) is 6.92 Å². The molecule has 0 unspecified atom stereocenters. The van der Waals surface area contributed by atoms with E-state index in [0.29, 0.717) is 12.3 Å². The molecule has 0 bridgehead atoms. The Hall–Kier alpha value is -0.910. The van der Waals surface area contributed by atoms with Crippen LogP contribution >= 0.6 is 0 Å². The summed E-state index contributed by atoms with van der Waals surface area (Å²) < 4.78 is 0. The van der Waals surface area contributed by atoms with Gasteiger partial charge < -0.3 is 20.4 Å². The molecule has 4 saturated carbocycles. The van der Waals surface area contributed by atoms with Crippen LogP contribution in [0.3, 0.4) is 0 Å². The molecule has 198 valence electrons. The van der Waals surface area contributed by atoms with Crippen molar-refractivity contribution >= 4 is 5.97 Å². The highest BCUT2D eigenvalue weighted by Gasteiger charge is 2.70. The molecule has 4 N–H and O–H groups in total. The lowest BCUT2D eigenvalue weighted by molar-refractivity contribution is -0.243. The van der Waals surface area contributed by atoms with Crippen molar-refractivity contribution < 1.29 is 25.2 Å². The van der Waals surface area contributed by atoms with Gasteiger partial charge in [0, 0.05) is 5.41 Å². The first-order valence-electron chi connectivity index (χ1n) is 14.0. The Bertz CT molecular complexity index is 941. The second-order valence-electron chi connectivity index (χ2n) is 15.1. The molecule has 0 aromatic heterocycles. The fraction of sp³-hybridized carbons (Fsp3) is 0.900. The molecule has 0 aromatic rings. The summed E-state index contributed by atoms with van der Waals surface area (Å²) in [6, 6.07) is 0. The summed E-state index contributed by atoms with van der Waals surface area (Å²) in [6.45, 7) is 13.6. The average Bonchev–Trinajstić information content (AvgIpc) is 2.77. The molecule has 0 radical (unpaired) electrons. The van der Waals surface area contributed by atoms with E-state index < -0.39 is 29.0 Å². The summed E-state index contributed by atoms with van der Waals surface area (Å²) in [5, 5.41) is 42.8. The second-order valence-corrected chi connectivity index (χ2v) is 15.1. The van der Waals surface area contributed by atoms with E-state index in [-0.39, 0.29) is 40.1 Å². The Morgan fingerprint density at radius 1 is 0.943 bits per heavy atom. The van der Waals surface area contributed by atoms with Crippen molar-refractivity contribution in [2.24, 2.45) is 50.2 Å². The first-order valence-corrected chi connectivity index (χ1v) is 14.0. The van der Waals surface area contributed by atoms with Crippen LogP contribution in [-0.2, 0) is 4.79 Å². The number of carbonyl (C=O) groups is 1. The SMILES string of the molecule is CC1(C)CC[C@]2(C(=O)O)CC[C@]3(C)C(=CC[C@@H]4[C@@]5(C)C[C@H](O)[C@@H](O)[C@@](C)(CO)[C@@H]5CC[C@]43C)[C@@H]2C1. The molecule has 5 heteroatoms. The van der Waals surface area contributed by atoms with Crippen LogP contribution in [0.1, 0.15) is 99.3 Å². The maximum absolute atomic E-state index is 12.8. The van der Waals surface area contributed by atoms with Crippen LogP contribution < -0.4 is 0 Å². The Balaban J connectivity index is 1.61. The van der Waals surface area contributed by atoms with Crippen molar-refractivity contribution in [1.82, 2.24) is 0 Å². The zero-order valence-corrected chi connectivity index (χ0v) is 22.7. The predicted octanol–water partition coefficient (Wildman–Crippen LogP) is 5.18. The third-order valence-electron chi connectivity index (χ3n) is 13.2. The standard InChI is InChI=1S/C30H48O5/c1-25(2)11-13-30(24(34)35)14-12-28(5)18(19(30)15-25)7-8-22-26(3)16-20(32)23(33)27(4,17-31)21(26)9-10-29(22,28)6/h7,19-23,31-33H,8-17H2,1-6H3,(H,34,35)/t19-,20-,21+,22+,23+,26-,27-,28+,29+,30-/m0/s1. The monoisotopic (exact) mass is 488 g/mol. The van der Waals surface area contributed by atoms with E-state index in [9.17, 15) is 25.2 Å². The normalized spacial score (nSPS) is 55.0. The van der Waals surface area contributed by atoms with E-state index >= 15 is 0 Å². The van der Waals surface area contributed by atoms with Gasteiger partial charge in [0.25, 0.3) is 0 Å². The summed E-state index contributed by atoms with van der Waals surface area (Å²) >= 11 is 0. The summed E-state index contributed by atoms with van der Waals surface area (Å²) in [4.78, 5) is 12.8. The zero-order valence-electron chi connectivity index (χ0n) is 22.7. The fourth-order valence-electron chi connectivity index (χ4n) is 10.8. The summed E-state index contributed by atoms with van der Waals surface area (Å²) in [6.07, 6.45) is 8.40. The summed E-state index contributed by atoms with van der Waals surface area (Å²) in [7, 11) is 0. The summed E-state index contributed by atoms with van der Waals surface area (Å²) in [5.41, 5.74) is -0.0632. The van der Waals surface area contributed by atoms with Gasteiger partial charge in [-0.15, -0.1) is 0 Å². The Morgan fingerprint density at radius 3 is 2.23 bits per heavy atom. The molecule has 35 heavy (non-hydrogen) atoms. The van der Waals surface area contributed by atoms with Crippen LogP contribution in [-0.4, -0.2) is 45.2 Å². The van der Waals surface area contributed by atoms with Crippen LogP contribution in [0.2, 0.25) is 0 Å². The molecule has 0 aromatic carbocycles. The smallest absolute Gasteiger partial charge is 0.310 e. The molecule has 0 aliphatic heterocycles. The number of aliphatic hydroxyl groups excluding tert-OH is 3. The van der Waals surface area contributed by atoms with Crippen LogP contribution in [0.4, 0.5) is 0 Å². The second kappa shape index (κ2) is 7.57. The van der Waals surface area contributed by atoms with Crippen molar-refractivity contribution in [3.05, 3.63) is 11.6 Å². The van der Waals surface area contributed by atoms with Crippen molar-refractivity contribution in [3.63, 3.8) is 0 Å². The van der Waals surface area contributed by atoms with Gasteiger partial charge in [0.1, 0.15) is 0 Å². The van der Waals surface area contributed by atoms with Crippen LogP contribution in [0.25, 0.3) is 0 Å². The molecule has 5 nitrogen and oxygen atoms in total. The molecule has 10 atom stereocenters. The number of aliphatic carboxylic acids is 1. The molecule has 0 spiro atoms. The Morgan fingerprint density at radius 2 is 1.60 bits per heavy atom. The van der Waals surface area contributed by atoms with Crippen molar-refractivity contribution in [3.8, 4) is 0 Å². The lowest BCUT2D eigenvalue weighted by Gasteiger charge is -2.71. The molecular weight excluding hydrogens is 440 g/mol. The minimum atomic E-state index is -0.907. The van der Waals surface area contributed by atoms with Gasteiger partial charge in [0.2, 0.25) is 0 Å². The van der Waals surface area contributed by atoms with Gasteiger partial charge in [-0.25, -0.2) is 0 Å². The number of carboxylic acids is 1. The maximum Gasteiger partial charge on any atom is 0.310 e. The quantitative estimate of drug-likeness (QED) is 0.402. The number of carboxylic acid groups (broad SMARTS) is 1. The molecule has 5 rings (SSSR count). The van der Waals surface area contributed by atoms with E-state index in [1.165, 1.54) is 5.57 Å². The van der Waals surface area contributed by atoms with Gasteiger partial charge in [0.15, 0.2) is 0 Å². The van der Waals surface area contributed by atoms with Crippen LogP contribution in [0.5, 0.6) is 0 Å². The van der Waals surface area contributed by atoms with Gasteiger partial charge in [0.05, 0.1) is 24.2 Å². The highest BCUT2D eigenvalue weighted by atomic mass is 16.4. The van der Waals surface area contributed by atoms with Crippen LogP contribution in [0.15, 0.2) is 11.6 Å². The van der Waals surface area contributed by atoms with Crippen molar-refractivity contribution in [1.29, 1.82) is 0 Å². The highest BCUT2D eigenvalue weighted by Crippen LogP contribution is 2.75. The van der Waals surface area contributed by atoms with E-state index in [2.05, 4.69) is 40.7 Å². The number of fused-ring (bicyclic) bond motifs is 7. The molecule has 0 saturated heterocycles. The first kappa shape index (κ1) is 25.7. The first-order chi connectivity index (χ1) is 16.1. The van der Waals surface area contributed by atoms with Gasteiger partial charge in [-0.3, -0.25) is 4.79 Å². The topological polar surface area (TPSA) is 98.0 Å². The minimum Gasteiger partial charge on any atom is -0.481 e. The lowest BCUT2D eigenvalue weighted by atomic mass is 9.33. The number of hydrogen-bond donors (Lipinski definition) is 4. The highest BCUT2D eigenvalue weighted by molar-refractivity contribution is 5.76. The maximum atomic E-state index is 12.8. The van der Waals surface area contributed by atoms with Gasteiger partial charge in [-0.05, 0) is 97.2 Å². The molecule has 0 amide bonds. The number of rotatable bonds is 2. The Labute approximate surface area is 211 Å². The molecule has 5 aliphatic rings. The molecule has 4 fully saturated rings. The molecular formula is C30H48O5. The lowest BCUT2D eigenvalue weighted by Crippen LogP contribution is -2.68. The molecule has 0 heterocycles. The molecule has 5 aliphatic carbocycles. The van der Waals surface area contributed by atoms with E-state index in [1.54, 1.807) is 0 Å². The van der Waals surface area contributed by atoms with Crippen molar-refractivity contribution in [2.75, 3.05) is 6.61 Å². The third kappa shape index (κ3) is 3.07. The number of hydrogen-bond acceptors (Lipinski definition) is 4. The summed E-state index contributed by atoms with van der Waals surface area (Å²) in [5.74, 6) is -0.0472. The average molecular weight is 489 g/mol. The van der Waals surface area contributed by atoms with E-state index in [4.69, 9.17) is 0 Å². The van der Waals surface area contributed by atoms with Gasteiger partial charge in [-0.2, -0.15) is 0 Å². The Kier molecular flexibility index (Phi) is 5.56. The minimum absolute atomic E-state index is 0.00698. The zero-order chi connectivity index (χ0) is 25.8. The van der Waals surface area contributed by atoms with Crippen LogP contribution in [0, 0.1) is 50.2 Å². The predicted molar refractivity (Wildman–Crippen MR) is 135 cm³/mol. The van der Waals surface area contributed by atoms with E-state index in [0.717, 1.165) is 51.4 Å².